The maximum Gasteiger partial charge on any atom is 0.277 e. The first-order valence-corrected chi connectivity index (χ1v) is 11.1. The van der Waals surface area contributed by atoms with E-state index in [4.69, 9.17) is 4.42 Å². The van der Waals surface area contributed by atoms with Crippen LogP contribution in [0.15, 0.2) is 58.2 Å². The first-order chi connectivity index (χ1) is 15.0. The molecule has 0 bridgehead atoms. The molecule has 31 heavy (non-hydrogen) atoms. The van der Waals surface area contributed by atoms with Crippen molar-refractivity contribution in [1.29, 1.82) is 0 Å². The summed E-state index contributed by atoms with van der Waals surface area (Å²) in [6.45, 7) is 6.40. The molecule has 0 unspecified atom stereocenters. The van der Waals surface area contributed by atoms with Crippen molar-refractivity contribution < 1.29 is 14.0 Å². The fraction of sp³-hybridized carbons (Fsp3) is 0.304. The summed E-state index contributed by atoms with van der Waals surface area (Å²) < 4.78 is 5.66. The Hall–Kier alpha value is -3.13. The molecule has 0 atom stereocenters. The van der Waals surface area contributed by atoms with Crippen molar-refractivity contribution in [2.45, 2.75) is 32.4 Å². The van der Waals surface area contributed by atoms with Crippen LogP contribution in [-0.4, -0.2) is 45.8 Å². The number of benzene rings is 2. The number of aromatic nitrogens is 2. The Morgan fingerprint density at radius 3 is 2.52 bits per heavy atom. The van der Waals surface area contributed by atoms with Gasteiger partial charge in [-0.3, -0.25) is 9.59 Å². The third-order valence-corrected chi connectivity index (χ3v) is 5.43. The monoisotopic (exact) mass is 438 g/mol. The summed E-state index contributed by atoms with van der Waals surface area (Å²) in [7, 11) is 0. The van der Waals surface area contributed by atoms with Gasteiger partial charge in [0.05, 0.1) is 12.3 Å². The average molecular weight is 439 g/mol. The molecule has 8 heteroatoms. The van der Waals surface area contributed by atoms with E-state index in [1.807, 2.05) is 69.3 Å². The number of para-hydroxylation sites is 1. The van der Waals surface area contributed by atoms with Crippen LogP contribution in [0.2, 0.25) is 0 Å². The van der Waals surface area contributed by atoms with Gasteiger partial charge in [-0.2, -0.15) is 0 Å². The molecule has 0 fully saturated rings. The summed E-state index contributed by atoms with van der Waals surface area (Å²) in [6.07, 6.45) is 0.756. The molecule has 162 valence electrons. The van der Waals surface area contributed by atoms with Crippen molar-refractivity contribution in [2.24, 2.45) is 0 Å². The molecule has 0 radical (unpaired) electrons. The van der Waals surface area contributed by atoms with Crippen LogP contribution < -0.4 is 5.32 Å². The largest absolute Gasteiger partial charge is 0.411 e. The third-order valence-electron chi connectivity index (χ3n) is 4.62. The molecule has 3 aromatic rings. The topological polar surface area (TPSA) is 88.3 Å². The lowest BCUT2D eigenvalue weighted by Crippen LogP contribution is -2.39. The molecule has 3 rings (SSSR count). The van der Waals surface area contributed by atoms with Crippen LogP contribution in [-0.2, 0) is 9.59 Å². The molecule has 0 spiro atoms. The van der Waals surface area contributed by atoms with Crippen molar-refractivity contribution >= 4 is 29.3 Å². The van der Waals surface area contributed by atoms with E-state index in [0.29, 0.717) is 17.7 Å². The molecule has 1 aromatic heterocycles. The van der Waals surface area contributed by atoms with Crippen molar-refractivity contribution in [3.05, 3.63) is 59.7 Å². The molecular weight excluding hydrogens is 412 g/mol. The minimum absolute atomic E-state index is 0.0000172. The van der Waals surface area contributed by atoms with E-state index in [0.717, 1.165) is 28.8 Å². The zero-order valence-electron chi connectivity index (χ0n) is 17.9. The van der Waals surface area contributed by atoms with Gasteiger partial charge < -0.3 is 14.6 Å². The second-order valence-electron chi connectivity index (χ2n) is 7.21. The predicted molar refractivity (Wildman–Crippen MR) is 122 cm³/mol. The van der Waals surface area contributed by atoms with Crippen LogP contribution >= 0.6 is 11.8 Å². The zero-order valence-corrected chi connectivity index (χ0v) is 18.7. The minimum atomic E-state index is -0.222. The predicted octanol–water partition coefficient (Wildman–Crippen LogP) is 4.32. The lowest BCUT2D eigenvalue weighted by molar-refractivity contribution is -0.132. The quantitative estimate of drug-likeness (QED) is 0.501. The van der Waals surface area contributed by atoms with E-state index in [1.54, 1.807) is 4.90 Å². The Labute approximate surface area is 186 Å². The van der Waals surface area contributed by atoms with E-state index in [9.17, 15) is 9.59 Å². The van der Waals surface area contributed by atoms with Gasteiger partial charge in [0, 0.05) is 17.8 Å². The van der Waals surface area contributed by atoms with Gasteiger partial charge in [0.2, 0.25) is 17.7 Å². The fourth-order valence-corrected chi connectivity index (χ4v) is 3.60. The molecule has 0 aliphatic rings. The van der Waals surface area contributed by atoms with Gasteiger partial charge in [-0.05, 0) is 44.0 Å². The van der Waals surface area contributed by atoms with Crippen molar-refractivity contribution in [1.82, 2.24) is 15.1 Å². The van der Waals surface area contributed by atoms with E-state index in [2.05, 4.69) is 15.5 Å². The molecule has 0 aliphatic heterocycles. The van der Waals surface area contributed by atoms with E-state index >= 15 is 0 Å². The fourth-order valence-electron chi connectivity index (χ4n) is 2.93. The number of rotatable bonds is 9. The van der Waals surface area contributed by atoms with Crippen LogP contribution in [0, 0.1) is 13.8 Å². The van der Waals surface area contributed by atoms with Crippen LogP contribution in [0.25, 0.3) is 11.5 Å². The number of amides is 2. The first kappa shape index (κ1) is 22.6. The molecule has 0 saturated heterocycles. The summed E-state index contributed by atoms with van der Waals surface area (Å²) in [5.74, 6) is 0.160. The Bertz CT molecular complexity index is 1030. The maximum absolute atomic E-state index is 12.7. The zero-order chi connectivity index (χ0) is 22.2. The minimum Gasteiger partial charge on any atom is -0.411 e. The SMILES string of the molecule is CCCN(CC(=O)Nc1ccccc1C)C(=O)CSc1nnc(-c2ccc(C)cc2)o1. The summed E-state index contributed by atoms with van der Waals surface area (Å²) in [4.78, 5) is 26.7. The molecule has 1 heterocycles. The first-order valence-electron chi connectivity index (χ1n) is 10.1. The van der Waals surface area contributed by atoms with Crippen LogP contribution in [0.5, 0.6) is 0 Å². The van der Waals surface area contributed by atoms with Gasteiger partial charge in [-0.15, -0.1) is 10.2 Å². The second kappa shape index (κ2) is 10.8. The number of hydrogen-bond donors (Lipinski definition) is 1. The van der Waals surface area contributed by atoms with Crippen LogP contribution in [0.3, 0.4) is 0 Å². The highest BCUT2D eigenvalue weighted by Gasteiger charge is 2.19. The van der Waals surface area contributed by atoms with Crippen LogP contribution in [0.4, 0.5) is 5.69 Å². The lowest BCUT2D eigenvalue weighted by atomic mass is 10.1. The molecular formula is C23H26N4O3S. The number of nitrogens with zero attached hydrogens (tertiary/aromatic N) is 3. The average Bonchev–Trinajstić information content (AvgIpc) is 3.23. The Morgan fingerprint density at radius 2 is 1.81 bits per heavy atom. The second-order valence-corrected chi connectivity index (χ2v) is 8.13. The highest BCUT2D eigenvalue weighted by molar-refractivity contribution is 7.99. The number of hydrogen-bond acceptors (Lipinski definition) is 6. The standard InChI is InChI=1S/C23H26N4O3S/c1-4-13-27(14-20(28)24-19-8-6-5-7-17(19)3)21(29)15-31-23-26-25-22(30-23)18-11-9-16(2)10-12-18/h5-12H,4,13-15H2,1-3H3,(H,24,28). The maximum atomic E-state index is 12.7. The van der Waals surface area contributed by atoms with Crippen molar-refractivity contribution in [3.63, 3.8) is 0 Å². The number of carbonyl (C=O) groups is 2. The third kappa shape index (κ3) is 6.42. The van der Waals surface area contributed by atoms with Gasteiger partial charge in [0.15, 0.2) is 0 Å². The smallest absolute Gasteiger partial charge is 0.277 e. The molecule has 2 aromatic carbocycles. The molecule has 7 nitrogen and oxygen atoms in total. The number of carbonyl (C=O) groups excluding carboxylic acids is 2. The molecule has 2 amide bonds. The van der Waals surface area contributed by atoms with Crippen molar-refractivity contribution in [3.8, 4) is 11.5 Å². The van der Waals surface area contributed by atoms with E-state index in [-0.39, 0.29) is 24.1 Å². The Balaban J connectivity index is 1.56. The number of aryl methyl sites for hydroxylation is 2. The van der Waals surface area contributed by atoms with Gasteiger partial charge in [0.25, 0.3) is 5.22 Å². The summed E-state index contributed by atoms with van der Waals surface area (Å²) in [6, 6.07) is 15.3. The van der Waals surface area contributed by atoms with E-state index < -0.39 is 0 Å². The van der Waals surface area contributed by atoms with Gasteiger partial charge >= 0.3 is 0 Å². The highest BCUT2D eigenvalue weighted by atomic mass is 32.2. The molecule has 0 saturated carbocycles. The van der Waals surface area contributed by atoms with Gasteiger partial charge in [0.1, 0.15) is 0 Å². The number of thioether (sulfide) groups is 1. The lowest BCUT2D eigenvalue weighted by Gasteiger charge is -2.21. The number of nitrogens with one attached hydrogen (secondary N) is 1. The molecule has 0 aliphatic carbocycles. The van der Waals surface area contributed by atoms with Gasteiger partial charge in [-0.1, -0.05) is 54.6 Å². The van der Waals surface area contributed by atoms with Crippen LogP contribution in [0.1, 0.15) is 24.5 Å². The summed E-state index contributed by atoms with van der Waals surface area (Å²) in [5.41, 5.74) is 3.70. The van der Waals surface area contributed by atoms with Crippen molar-refractivity contribution in [2.75, 3.05) is 24.2 Å². The van der Waals surface area contributed by atoms with E-state index in [1.165, 1.54) is 11.8 Å². The van der Waals surface area contributed by atoms with Gasteiger partial charge in [-0.25, -0.2) is 0 Å². The Kier molecular flexibility index (Phi) is 7.83. The number of anilines is 1. The Morgan fingerprint density at radius 1 is 1.06 bits per heavy atom. The molecule has 1 N–H and O–H groups in total. The normalized spacial score (nSPS) is 10.7. The summed E-state index contributed by atoms with van der Waals surface area (Å²) in [5, 5.41) is 11.3. The summed E-state index contributed by atoms with van der Waals surface area (Å²) >= 11 is 1.17. The highest BCUT2D eigenvalue weighted by Crippen LogP contribution is 2.23.